The third-order valence-electron chi connectivity index (χ3n) is 3.84. The van der Waals surface area contributed by atoms with Crippen molar-refractivity contribution in [3.63, 3.8) is 0 Å². The van der Waals surface area contributed by atoms with Crippen LogP contribution in [0.2, 0.25) is 0 Å². The van der Waals surface area contributed by atoms with Crippen LogP contribution in [0.4, 0.5) is 10.5 Å². The highest BCUT2D eigenvalue weighted by molar-refractivity contribution is 5.89. The van der Waals surface area contributed by atoms with Crippen molar-refractivity contribution < 1.29 is 4.79 Å². The second kappa shape index (κ2) is 6.40. The summed E-state index contributed by atoms with van der Waals surface area (Å²) in [5.41, 5.74) is 6.99. The Morgan fingerprint density at radius 1 is 1.45 bits per heavy atom. The highest BCUT2D eigenvalue weighted by Gasteiger charge is 2.28. The van der Waals surface area contributed by atoms with Gasteiger partial charge < -0.3 is 16.0 Å². The number of amides is 2. The molecule has 0 bridgehead atoms. The van der Waals surface area contributed by atoms with Crippen LogP contribution in [-0.2, 0) is 0 Å². The lowest BCUT2D eigenvalue weighted by atomic mass is 9.94. The largest absolute Gasteiger partial charge is 0.330 e. The highest BCUT2D eigenvalue weighted by atomic mass is 16.2. The van der Waals surface area contributed by atoms with Crippen LogP contribution in [0.25, 0.3) is 0 Å². The summed E-state index contributed by atoms with van der Waals surface area (Å²) in [5, 5.41) is 11.6. The Morgan fingerprint density at radius 2 is 2.15 bits per heavy atom. The summed E-state index contributed by atoms with van der Waals surface area (Å²) in [4.78, 5) is 14.1. The van der Waals surface area contributed by atoms with E-state index >= 15 is 0 Å². The second-order valence-electron chi connectivity index (χ2n) is 5.30. The molecule has 0 saturated carbocycles. The number of carbonyl (C=O) groups excluding carboxylic acids is 1. The van der Waals surface area contributed by atoms with Gasteiger partial charge in [0.05, 0.1) is 11.6 Å². The van der Waals surface area contributed by atoms with Crippen molar-refractivity contribution in [1.82, 2.24) is 4.90 Å². The molecule has 1 fully saturated rings. The molecule has 1 aromatic carbocycles. The van der Waals surface area contributed by atoms with E-state index in [2.05, 4.69) is 18.3 Å². The third-order valence-corrected chi connectivity index (χ3v) is 3.84. The minimum absolute atomic E-state index is 0.0969. The molecule has 1 aliphatic rings. The number of nitrogens with two attached hydrogens (primary N) is 1. The Hall–Kier alpha value is -2.06. The number of hydrogen-bond acceptors (Lipinski definition) is 3. The van der Waals surface area contributed by atoms with Gasteiger partial charge in [-0.15, -0.1) is 0 Å². The van der Waals surface area contributed by atoms with E-state index in [0.29, 0.717) is 30.3 Å². The molecule has 2 amide bonds. The summed E-state index contributed by atoms with van der Waals surface area (Å²) in [6.45, 7) is 3.39. The molecule has 5 nitrogen and oxygen atoms in total. The van der Waals surface area contributed by atoms with Gasteiger partial charge in [0, 0.05) is 18.3 Å². The molecule has 0 radical (unpaired) electrons. The first-order chi connectivity index (χ1) is 9.63. The molecule has 1 saturated heterocycles. The van der Waals surface area contributed by atoms with Crippen LogP contribution >= 0.6 is 0 Å². The zero-order chi connectivity index (χ0) is 14.5. The number of hydrogen-bond donors (Lipinski definition) is 2. The number of piperidine rings is 1. The molecule has 20 heavy (non-hydrogen) atoms. The van der Waals surface area contributed by atoms with E-state index < -0.39 is 0 Å². The topological polar surface area (TPSA) is 82.2 Å². The monoisotopic (exact) mass is 272 g/mol. The molecule has 2 rings (SSSR count). The molecular weight excluding hydrogens is 252 g/mol. The smallest absolute Gasteiger partial charge is 0.322 e. The molecule has 2 unspecified atom stereocenters. The minimum atomic E-state index is -0.0969. The minimum Gasteiger partial charge on any atom is -0.330 e. The zero-order valence-electron chi connectivity index (χ0n) is 11.7. The SMILES string of the molecule is CC1CCC(CN)CN1C(=O)Nc1ccc(C#N)cc1. The van der Waals surface area contributed by atoms with Crippen molar-refractivity contribution in [2.45, 2.75) is 25.8 Å². The number of likely N-dealkylation sites (tertiary alicyclic amines) is 1. The van der Waals surface area contributed by atoms with Crippen molar-refractivity contribution >= 4 is 11.7 Å². The van der Waals surface area contributed by atoms with E-state index in [1.54, 1.807) is 24.3 Å². The van der Waals surface area contributed by atoms with Gasteiger partial charge in [0.1, 0.15) is 0 Å². The molecule has 3 N–H and O–H groups in total. The number of nitrogens with zero attached hydrogens (tertiary/aromatic N) is 2. The molecule has 1 heterocycles. The number of benzene rings is 1. The summed E-state index contributed by atoms with van der Waals surface area (Å²) in [6.07, 6.45) is 2.07. The number of nitriles is 1. The van der Waals surface area contributed by atoms with E-state index in [1.165, 1.54) is 0 Å². The molecule has 1 aromatic rings. The molecule has 5 heteroatoms. The third kappa shape index (κ3) is 3.28. The number of urea groups is 1. The predicted octanol–water partition coefficient (Wildman–Crippen LogP) is 2.15. The molecular formula is C15H20N4O. The number of nitrogens with one attached hydrogen (secondary N) is 1. The van der Waals surface area contributed by atoms with Crippen molar-refractivity contribution in [2.75, 3.05) is 18.4 Å². The Bertz CT molecular complexity index is 506. The molecule has 0 spiro atoms. The maximum Gasteiger partial charge on any atom is 0.322 e. The van der Waals surface area contributed by atoms with Crippen molar-refractivity contribution in [3.05, 3.63) is 29.8 Å². The first-order valence-corrected chi connectivity index (χ1v) is 6.92. The van der Waals surface area contributed by atoms with Crippen molar-refractivity contribution in [3.8, 4) is 6.07 Å². The summed E-state index contributed by atoms with van der Waals surface area (Å²) in [6, 6.07) is 9.06. The van der Waals surface area contributed by atoms with Crippen LogP contribution in [0.5, 0.6) is 0 Å². The van der Waals surface area contributed by atoms with Crippen molar-refractivity contribution in [1.29, 1.82) is 5.26 Å². The van der Waals surface area contributed by atoms with E-state index in [1.807, 2.05) is 4.90 Å². The average molecular weight is 272 g/mol. The number of carbonyl (C=O) groups is 1. The molecule has 0 aliphatic carbocycles. The average Bonchev–Trinajstić information content (AvgIpc) is 2.48. The van der Waals surface area contributed by atoms with Gasteiger partial charge >= 0.3 is 6.03 Å². The van der Waals surface area contributed by atoms with E-state index in [4.69, 9.17) is 11.0 Å². The lowest BCUT2D eigenvalue weighted by molar-refractivity contribution is 0.144. The quantitative estimate of drug-likeness (QED) is 0.865. The summed E-state index contributed by atoms with van der Waals surface area (Å²) in [7, 11) is 0. The fraction of sp³-hybridized carbons (Fsp3) is 0.467. The van der Waals surface area contributed by atoms with Gasteiger partial charge in [0.2, 0.25) is 0 Å². The zero-order valence-corrected chi connectivity index (χ0v) is 11.7. The van der Waals surface area contributed by atoms with Gasteiger partial charge in [0.15, 0.2) is 0 Å². The van der Waals surface area contributed by atoms with Crippen molar-refractivity contribution in [2.24, 2.45) is 11.7 Å². The Labute approximate surface area is 119 Å². The van der Waals surface area contributed by atoms with Crippen LogP contribution in [0.15, 0.2) is 24.3 Å². The fourth-order valence-electron chi connectivity index (χ4n) is 2.48. The summed E-state index contributed by atoms with van der Waals surface area (Å²) < 4.78 is 0. The van der Waals surface area contributed by atoms with Crippen LogP contribution in [0.1, 0.15) is 25.3 Å². The van der Waals surface area contributed by atoms with Gasteiger partial charge in [-0.3, -0.25) is 0 Å². The maximum atomic E-state index is 12.3. The van der Waals surface area contributed by atoms with Crippen LogP contribution in [0, 0.1) is 17.2 Å². The van der Waals surface area contributed by atoms with E-state index in [9.17, 15) is 4.79 Å². The first kappa shape index (κ1) is 14.4. The number of rotatable bonds is 2. The standard InChI is InChI=1S/C15H20N4O/c1-11-2-3-13(9-17)10-19(11)15(20)18-14-6-4-12(8-16)5-7-14/h4-7,11,13H,2-3,9-10,17H2,1H3,(H,18,20). The van der Waals surface area contributed by atoms with Gasteiger partial charge in [-0.25, -0.2) is 4.79 Å². The summed E-state index contributed by atoms with van der Waals surface area (Å²) >= 11 is 0. The van der Waals surface area contributed by atoms with E-state index in [-0.39, 0.29) is 12.1 Å². The Balaban J connectivity index is 2.01. The van der Waals surface area contributed by atoms with Gasteiger partial charge in [-0.1, -0.05) is 0 Å². The van der Waals surface area contributed by atoms with E-state index in [0.717, 1.165) is 12.8 Å². The van der Waals surface area contributed by atoms with Crippen LogP contribution < -0.4 is 11.1 Å². The lowest BCUT2D eigenvalue weighted by Gasteiger charge is -2.37. The fourth-order valence-corrected chi connectivity index (χ4v) is 2.48. The Kier molecular flexibility index (Phi) is 4.59. The van der Waals surface area contributed by atoms with Crippen LogP contribution in [0.3, 0.4) is 0 Å². The van der Waals surface area contributed by atoms with Gasteiger partial charge in [0.25, 0.3) is 0 Å². The predicted molar refractivity (Wildman–Crippen MR) is 78.1 cm³/mol. The normalized spacial score (nSPS) is 22.1. The molecule has 106 valence electrons. The van der Waals surface area contributed by atoms with Gasteiger partial charge in [-0.2, -0.15) is 5.26 Å². The Morgan fingerprint density at radius 3 is 2.75 bits per heavy atom. The van der Waals surface area contributed by atoms with Gasteiger partial charge in [-0.05, 0) is 56.5 Å². The first-order valence-electron chi connectivity index (χ1n) is 6.92. The maximum absolute atomic E-state index is 12.3. The molecule has 1 aliphatic heterocycles. The molecule has 2 atom stereocenters. The second-order valence-corrected chi connectivity index (χ2v) is 5.30. The highest BCUT2D eigenvalue weighted by Crippen LogP contribution is 2.22. The summed E-state index contributed by atoms with van der Waals surface area (Å²) in [5.74, 6) is 0.387. The lowest BCUT2D eigenvalue weighted by Crippen LogP contribution is -2.48. The van der Waals surface area contributed by atoms with Crippen LogP contribution in [-0.4, -0.2) is 30.1 Å². The number of anilines is 1. The molecule has 0 aromatic heterocycles.